The Morgan fingerprint density at radius 1 is 1.29 bits per heavy atom. The molecule has 0 saturated carbocycles. The van der Waals surface area contributed by atoms with Gasteiger partial charge in [0.15, 0.2) is 0 Å². The molecule has 0 saturated heterocycles. The number of terminal acetylenes is 1. The Kier molecular flexibility index (Phi) is 7.20. The topological polar surface area (TPSA) is 26.3 Å². The molecule has 0 fully saturated rings. The van der Waals surface area contributed by atoms with Crippen molar-refractivity contribution in [2.75, 3.05) is 6.61 Å². The van der Waals surface area contributed by atoms with Crippen LogP contribution in [0, 0.1) is 12.3 Å². The predicted octanol–water partition coefficient (Wildman–Crippen LogP) is 3.76. The average molecular weight is 212 g/mol. The number of hydrogen-bond acceptors (Lipinski definition) is 2. The maximum absolute atomic E-state index is 12.0. The molecule has 0 aromatic heterocycles. The van der Waals surface area contributed by atoms with Gasteiger partial charge in [-0.05, 0) is 12.8 Å². The molecule has 0 aliphatic rings. The summed E-state index contributed by atoms with van der Waals surface area (Å²) in [6.07, 6.45) is 10.4. The third kappa shape index (κ3) is 5.80. The van der Waals surface area contributed by atoms with Crippen molar-refractivity contribution < 1.29 is 9.09 Å². The summed E-state index contributed by atoms with van der Waals surface area (Å²) in [6, 6.07) is 0. The van der Waals surface area contributed by atoms with E-state index in [1.54, 1.807) is 11.6 Å². The van der Waals surface area contributed by atoms with Gasteiger partial charge in [-0.25, -0.2) is 0 Å². The first-order valence-electron chi connectivity index (χ1n) is 4.71. The molecule has 2 nitrogen and oxygen atoms in total. The van der Waals surface area contributed by atoms with Crippen LogP contribution in [0.15, 0.2) is 23.8 Å². The molecule has 0 spiro atoms. The van der Waals surface area contributed by atoms with E-state index >= 15 is 0 Å². The fourth-order valence-electron chi connectivity index (χ4n) is 0.779. The van der Waals surface area contributed by atoms with Crippen LogP contribution >= 0.6 is 7.37 Å². The van der Waals surface area contributed by atoms with Crippen LogP contribution in [-0.4, -0.2) is 6.61 Å². The quantitative estimate of drug-likeness (QED) is 0.495. The Hall–Kier alpha value is -0.770. The minimum Gasteiger partial charge on any atom is -0.310 e. The van der Waals surface area contributed by atoms with Gasteiger partial charge in [-0.2, -0.15) is 0 Å². The van der Waals surface area contributed by atoms with E-state index in [4.69, 9.17) is 10.9 Å². The molecule has 0 radical (unpaired) electrons. The Balaban J connectivity index is 4.51. The molecule has 0 N–H and O–H groups in total. The van der Waals surface area contributed by atoms with E-state index in [1.807, 2.05) is 26.0 Å². The SMILES string of the molecule is C#CCOP(=O)(C=CCC)C=CCC. The van der Waals surface area contributed by atoms with Crippen molar-refractivity contribution in [1.29, 1.82) is 0 Å². The lowest BCUT2D eigenvalue weighted by atomic mass is 10.5. The smallest absolute Gasteiger partial charge is 0.247 e. The van der Waals surface area contributed by atoms with Gasteiger partial charge in [-0.3, -0.25) is 4.57 Å². The number of hydrogen-bond donors (Lipinski definition) is 0. The largest absolute Gasteiger partial charge is 0.310 e. The van der Waals surface area contributed by atoms with Gasteiger partial charge < -0.3 is 4.52 Å². The molecule has 14 heavy (non-hydrogen) atoms. The maximum Gasteiger partial charge on any atom is 0.247 e. The molecule has 0 unspecified atom stereocenters. The second-order valence-corrected chi connectivity index (χ2v) is 4.85. The lowest BCUT2D eigenvalue weighted by molar-refractivity contribution is 0.373. The third-order valence-corrected chi connectivity index (χ3v) is 3.23. The van der Waals surface area contributed by atoms with Gasteiger partial charge in [-0.15, -0.1) is 6.42 Å². The summed E-state index contributed by atoms with van der Waals surface area (Å²) in [6.45, 7) is 4.04. The Morgan fingerprint density at radius 2 is 1.79 bits per heavy atom. The molecular formula is C11H17O2P. The predicted molar refractivity (Wildman–Crippen MR) is 61.3 cm³/mol. The van der Waals surface area contributed by atoms with Crippen LogP contribution in [0.2, 0.25) is 0 Å². The van der Waals surface area contributed by atoms with E-state index in [0.29, 0.717) is 0 Å². The van der Waals surface area contributed by atoms with E-state index in [0.717, 1.165) is 12.8 Å². The van der Waals surface area contributed by atoms with Crippen LogP contribution < -0.4 is 0 Å². The molecule has 78 valence electrons. The number of allylic oxidation sites excluding steroid dienone is 2. The molecule has 0 aliphatic carbocycles. The van der Waals surface area contributed by atoms with Crippen LogP contribution in [0.25, 0.3) is 0 Å². The summed E-state index contributed by atoms with van der Waals surface area (Å²) < 4.78 is 17.1. The molecule has 0 rings (SSSR count). The van der Waals surface area contributed by atoms with Crippen LogP contribution in [-0.2, 0) is 9.09 Å². The summed E-state index contributed by atoms with van der Waals surface area (Å²) >= 11 is 0. The molecule has 0 amide bonds. The molecule has 0 aromatic carbocycles. The highest BCUT2D eigenvalue weighted by molar-refractivity contribution is 7.65. The minimum absolute atomic E-state index is 0.0827. The molecule has 0 aromatic rings. The lowest BCUT2D eigenvalue weighted by Crippen LogP contribution is -1.85. The van der Waals surface area contributed by atoms with Gasteiger partial charge >= 0.3 is 0 Å². The van der Waals surface area contributed by atoms with Crippen molar-refractivity contribution in [1.82, 2.24) is 0 Å². The molecule has 0 heterocycles. The van der Waals surface area contributed by atoms with E-state index in [-0.39, 0.29) is 6.61 Å². The van der Waals surface area contributed by atoms with Crippen molar-refractivity contribution in [2.45, 2.75) is 26.7 Å². The summed E-state index contributed by atoms with van der Waals surface area (Å²) in [7, 11) is -2.77. The van der Waals surface area contributed by atoms with Crippen LogP contribution in [0.4, 0.5) is 0 Å². The monoisotopic (exact) mass is 212 g/mol. The highest BCUT2D eigenvalue weighted by Gasteiger charge is 2.13. The Morgan fingerprint density at radius 3 is 2.14 bits per heavy atom. The zero-order valence-electron chi connectivity index (χ0n) is 8.77. The Bertz CT molecular complexity index is 266. The van der Waals surface area contributed by atoms with Crippen LogP contribution in [0.1, 0.15) is 26.7 Å². The summed E-state index contributed by atoms with van der Waals surface area (Å²) in [5.74, 6) is 5.53. The molecule has 0 bridgehead atoms. The normalized spacial score (nSPS) is 15.8. The molecule has 3 heteroatoms. The molecular weight excluding hydrogens is 195 g/mol. The molecule has 0 atom stereocenters. The van der Waals surface area contributed by atoms with Crippen molar-refractivity contribution in [3.05, 3.63) is 23.8 Å². The highest BCUT2D eigenvalue weighted by atomic mass is 31.2. The van der Waals surface area contributed by atoms with E-state index in [2.05, 4.69) is 5.92 Å². The van der Waals surface area contributed by atoms with Crippen molar-refractivity contribution in [2.24, 2.45) is 0 Å². The zero-order chi connectivity index (χ0) is 10.9. The van der Waals surface area contributed by atoms with Gasteiger partial charge in [0.1, 0.15) is 6.61 Å². The lowest BCUT2D eigenvalue weighted by Gasteiger charge is -2.07. The fourth-order valence-corrected chi connectivity index (χ4v) is 2.34. The van der Waals surface area contributed by atoms with Crippen molar-refractivity contribution >= 4 is 7.37 Å². The third-order valence-electron chi connectivity index (χ3n) is 1.45. The van der Waals surface area contributed by atoms with Gasteiger partial charge in [0.2, 0.25) is 7.37 Å². The van der Waals surface area contributed by atoms with Gasteiger partial charge in [-0.1, -0.05) is 31.9 Å². The van der Waals surface area contributed by atoms with Crippen molar-refractivity contribution in [3.8, 4) is 12.3 Å². The van der Waals surface area contributed by atoms with E-state index in [1.165, 1.54) is 0 Å². The summed E-state index contributed by atoms with van der Waals surface area (Å²) in [5, 5.41) is 0. The highest BCUT2D eigenvalue weighted by Crippen LogP contribution is 2.50. The fraction of sp³-hybridized carbons (Fsp3) is 0.455. The standard InChI is InChI=1S/C11H17O2P/c1-4-7-10-14(12,11-8-5-2)13-9-6-3/h3,7-8,10-11H,4-5,9H2,1-2H3. The van der Waals surface area contributed by atoms with Gasteiger partial charge in [0.25, 0.3) is 0 Å². The summed E-state index contributed by atoms with van der Waals surface area (Å²) in [5.41, 5.74) is 0. The van der Waals surface area contributed by atoms with Crippen molar-refractivity contribution in [3.63, 3.8) is 0 Å². The minimum atomic E-state index is -2.77. The first kappa shape index (κ1) is 13.2. The second kappa shape index (κ2) is 7.62. The van der Waals surface area contributed by atoms with Gasteiger partial charge in [0.05, 0.1) is 0 Å². The van der Waals surface area contributed by atoms with Crippen LogP contribution in [0.3, 0.4) is 0 Å². The van der Waals surface area contributed by atoms with E-state index in [9.17, 15) is 4.57 Å². The first-order chi connectivity index (χ1) is 6.68. The second-order valence-electron chi connectivity index (χ2n) is 2.71. The summed E-state index contributed by atoms with van der Waals surface area (Å²) in [4.78, 5) is 0. The Labute approximate surface area is 86.5 Å². The van der Waals surface area contributed by atoms with E-state index < -0.39 is 7.37 Å². The maximum atomic E-state index is 12.0. The number of rotatable bonds is 6. The van der Waals surface area contributed by atoms with Crippen LogP contribution in [0.5, 0.6) is 0 Å². The average Bonchev–Trinajstić information content (AvgIpc) is 2.21. The first-order valence-corrected chi connectivity index (χ1v) is 6.47. The van der Waals surface area contributed by atoms with Gasteiger partial charge in [0, 0.05) is 11.6 Å². The zero-order valence-corrected chi connectivity index (χ0v) is 9.67. The molecule has 0 aliphatic heterocycles.